The number of urea groups is 1. The van der Waals surface area contributed by atoms with Crippen LogP contribution in [-0.4, -0.2) is 40.0 Å². The van der Waals surface area contributed by atoms with Crippen LogP contribution in [0.4, 0.5) is 4.79 Å². The highest BCUT2D eigenvalue weighted by atomic mass is 35.5. The molecule has 2 aromatic carbocycles. The van der Waals surface area contributed by atoms with Crippen LogP contribution in [0.25, 0.3) is 0 Å². The molecule has 2 aliphatic heterocycles. The fourth-order valence-corrected chi connectivity index (χ4v) is 4.40. The Hall–Kier alpha value is -3.91. The van der Waals surface area contributed by atoms with Crippen molar-refractivity contribution in [2.75, 3.05) is 6.54 Å². The summed E-state index contributed by atoms with van der Waals surface area (Å²) in [5.41, 5.74) is 0.892. The van der Waals surface area contributed by atoms with E-state index in [2.05, 4.69) is 10.4 Å². The first-order chi connectivity index (χ1) is 16.4. The van der Waals surface area contributed by atoms with Crippen molar-refractivity contribution in [2.24, 2.45) is 5.10 Å². The van der Waals surface area contributed by atoms with E-state index in [0.29, 0.717) is 28.5 Å². The van der Waals surface area contributed by atoms with Crippen LogP contribution in [0.1, 0.15) is 36.3 Å². The summed E-state index contributed by atoms with van der Waals surface area (Å²) in [6.45, 7) is 1.19. The maximum absolute atomic E-state index is 13.4. The number of nitrogens with zero attached hydrogens (tertiary/aromatic N) is 3. The van der Waals surface area contributed by atoms with E-state index in [-0.39, 0.29) is 0 Å². The molecule has 0 aliphatic carbocycles. The Morgan fingerprint density at radius 3 is 2.53 bits per heavy atom. The third-order valence-electron chi connectivity index (χ3n) is 6.13. The van der Waals surface area contributed by atoms with Gasteiger partial charge in [0, 0.05) is 11.4 Å². The van der Waals surface area contributed by atoms with Crippen LogP contribution in [0, 0.1) is 0 Å². The zero-order valence-corrected chi connectivity index (χ0v) is 19.0. The lowest BCUT2D eigenvalue weighted by molar-refractivity contribution is -0.140. The summed E-state index contributed by atoms with van der Waals surface area (Å²) >= 11 is 6.00. The van der Waals surface area contributed by atoms with Crippen LogP contribution in [0.3, 0.4) is 0 Å². The molecule has 172 valence electrons. The molecule has 1 fully saturated rings. The molecule has 1 aromatic heterocycles. The number of hydrogen-bond donors (Lipinski definition) is 1. The molecule has 34 heavy (non-hydrogen) atoms. The van der Waals surface area contributed by atoms with Gasteiger partial charge in [0.25, 0.3) is 11.8 Å². The second-order valence-corrected chi connectivity index (χ2v) is 8.78. The van der Waals surface area contributed by atoms with Gasteiger partial charge in [-0.3, -0.25) is 14.5 Å². The molecular formula is C25H21ClN4O4. The van der Waals surface area contributed by atoms with Crippen molar-refractivity contribution >= 4 is 35.2 Å². The third kappa shape index (κ3) is 3.76. The Morgan fingerprint density at radius 1 is 1.12 bits per heavy atom. The van der Waals surface area contributed by atoms with Gasteiger partial charge in [0.1, 0.15) is 23.9 Å². The van der Waals surface area contributed by atoms with E-state index >= 15 is 0 Å². The zero-order valence-electron chi connectivity index (χ0n) is 18.3. The molecule has 0 radical (unpaired) electrons. The molecular weight excluding hydrogens is 456 g/mol. The SMILES string of the molecule is C[C@@]1(c2ccccc2)NC(=O)N(CC(=O)N2N=C(c3ccc(Cl)cc3)C[C@@H]2c2ccco2)C1=O. The van der Waals surface area contributed by atoms with E-state index in [1.165, 1.54) is 11.3 Å². The average molecular weight is 477 g/mol. The average Bonchev–Trinajstić information content (AvgIpc) is 3.56. The molecule has 8 nitrogen and oxygen atoms in total. The maximum Gasteiger partial charge on any atom is 0.325 e. The minimum Gasteiger partial charge on any atom is -0.467 e. The molecule has 0 spiro atoms. The monoisotopic (exact) mass is 476 g/mol. The van der Waals surface area contributed by atoms with Crippen molar-refractivity contribution in [3.05, 3.63) is 94.9 Å². The highest BCUT2D eigenvalue weighted by Gasteiger charge is 2.50. The molecule has 9 heteroatoms. The summed E-state index contributed by atoms with van der Waals surface area (Å²) in [5.74, 6) is -0.425. The molecule has 3 aromatic rings. The molecule has 2 atom stereocenters. The van der Waals surface area contributed by atoms with E-state index in [9.17, 15) is 14.4 Å². The molecule has 1 N–H and O–H groups in total. The summed E-state index contributed by atoms with van der Waals surface area (Å²) in [7, 11) is 0. The smallest absolute Gasteiger partial charge is 0.325 e. The number of benzene rings is 2. The Labute approximate surface area is 200 Å². The van der Waals surface area contributed by atoms with Crippen LogP contribution >= 0.6 is 11.6 Å². The summed E-state index contributed by atoms with van der Waals surface area (Å²) in [5, 5.41) is 9.15. The van der Waals surface area contributed by atoms with Gasteiger partial charge in [-0.25, -0.2) is 9.80 Å². The van der Waals surface area contributed by atoms with E-state index in [1.54, 1.807) is 55.5 Å². The Kier molecular flexibility index (Phi) is 5.45. The molecule has 1 saturated heterocycles. The van der Waals surface area contributed by atoms with Gasteiger partial charge in [-0.05, 0) is 42.3 Å². The molecule has 0 unspecified atom stereocenters. The maximum atomic E-state index is 13.4. The minimum absolute atomic E-state index is 0.419. The van der Waals surface area contributed by atoms with E-state index < -0.39 is 36.0 Å². The standard InChI is InChI=1S/C25H21ClN4O4/c1-25(17-6-3-2-4-7-17)23(32)29(24(33)27-25)15-22(31)30-20(21-8-5-13-34-21)14-19(28-30)16-9-11-18(26)12-10-16/h2-13,20H,14-15H2,1H3,(H,27,33)/t20-,25+/m1/s1. The first-order valence-corrected chi connectivity index (χ1v) is 11.1. The number of carbonyl (C=O) groups excluding carboxylic acids is 3. The van der Waals surface area contributed by atoms with E-state index in [4.69, 9.17) is 16.0 Å². The Balaban J connectivity index is 1.41. The number of halogens is 1. The molecule has 3 heterocycles. The largest absolute Gasteiger partial charge is 0.467 e. The second kappa shape index (κ2) is 8.46. The van der Waals surface area contributed by atoms with Gasteiger partial charge in [0.2, 0.25) is 0 Å². The fraction of sp³-hybridized carbons (Fsp3) is 0.200. The normalized spacial score (nSPS) is 22.2. The van der Waals surface area contributed by atoms with Gasteiger partial charge < -0.3 is 9.73 Å². The van der Waals surface area contributed by atoms with Crippen molar-refractivity contribution in [1.82, 2.24) is 15.2 Å². The lowest BCUT2D eigenvalue weighted by Gasteiger charge is -2.24. The van der Waals surface area contributed by atoms with Gasteiger partial charge in [0.05, 0.1) is 12.0 Å². The van der Waals surface area contributed by atoms with Crippen molar-refractivity contribution < 1.29 is 18.8 Å². The highest BCUT2D eigenvalue weighted by molar-refractivity contribution is 6.30. The van der Waals surface area contributed by atoms with Gasteiger partial charge in [0.15, 0.2) is 0 Å². The van der Waals surface area contributed by atoms with Crippen LogP contribution < -0.4 is 5.32 Å². The quantitative estimate of drug-likeness (QED) is 0.561. The van der Waals surface area contributed by atoms with Crippen LogP contribution in [0.15, 0.2) is 82.5 Å². The van der Waals surface area contributed by atoms with Crippen LogP contribution in [0.2, 0.25) is 5.02 Å². The number of amides is 4. The summed E-state index contributed by atoms with van der Waals surface area (Å²) in [6, 6.07) is 18.5. The Morgan fingerprint density at radius 2 is 1.85 bits per heavy atom. The first-order valence-electron chi connectivity index (χ1n) is 10.8. The number of hydrazone groups is 1. The number of nitrogens with one attached hydrogen (secondary N) is 1. The van der Waals surface area contributed by atoms with E-state index in [1.807, 2.05) is 18.2 Å². The predicted molar refractivity (Wildman–Crippen MR) is 125 cm³/mol. The van der Waals surface area contributed by atoms with E-state index in [0.717, 1.165) is 10.5 Å². The first kappa shape index (κ1) is 21.9. The minimum atomic E-state index is -1.25. The van der Waals surface area contributed by atoms with Gasteiger partial charge >= 0.3 is 6.03 Å². The summed E-state index contributed by atoms with van der Waals surface area (Å²) in [4.78, 5) is 40.2. The highest BCUT2D eigenvalue weighted by Crippen LogP contribution is 2.34. The van der Waals surface area contributed by atoms with Crippen molar-refractivity contribution in [2.45, 2.75) is 24.9 Å². The zero-order chi connectivity index (χ0) is 23.9. The summed E-state index contributed by atoms with van der Waals surface area (Å²) in [6.07, 6.45) is 1.95. The number of imide groups is 1. The molecule has 5 rings (SSSR count). The number of rotatable bonds is 5. The molecule has 0 bridgehead atoms. The van der Waals surface area contributed by atoms with Crippen molar-refractivity contribution in [1.29, 1.82) is 0 Å². The van der Waals surface area contributed by atoms with Crippen LogP contribution in [-0.2, 0) is 15.1 Å². The lowest BCUT2D eigenvalue weighted by atomic mass is 9.92. The molecule has 4 amide bonds. The van der Waals surface area contributed by atoms with Crippen molar-refractivity contribution in [3.63, 3.8) is 0 Å². The lowest BCUT2D eigenvalue weighted by Crippen LogP contribution is -2.43. The molecule has 0 saturated carbocycles. The van der Waals surface area contributed by atoms with Crippen LogP contribution in [0.5, 0.6) is 0 Å². The second-order valence-electron chi connectivity index (χ2n) is 8.34. The Bertz CT molecular complexity index is 1270. The van der Waals surface area contributed by atoms with Gasteiger partial charge in [-0.15, -0.1) is 0 Å². The fourth-order valence-electron chi connectivity index (χ4n) is 4.28. The third-order valence-corrected chi connectivity index (χ3v) is 6.39. The van der Waals surface area contributed by atoms with Crippen molar-refractivity contribution in [3.8, 4) is 0 Å². The summed E-state index contributed by atoms with van der Waals surface area (Å²) < 4.78 is 5.56. The number of carbonyl (C=O) groups is 3. The van der Waals surface area contributed by atoms with Gasteiger partial charge in [-0.2, -0.15) is 5.10 Å². The van der Waals surface area contributed by atoms with Gasteiger partial charge in [-0.1, -0.05) is 54.1 Å². The predicted octanol–water partition coefficient (Wildman–Crippen LogP) is 4.08. The number of hydrogen-bond acceptors (Lipinski definition) is 5. The molecule has 2 aliphatic rings. The number of furan rings is 1. The topological polar surface area (TPSA) is 95.2 Å².